The fourth-order valence-electron chi connectivity index (χ4n) is 2.26. The summed E-state index contributed by atoms with van der Waals surface area (Å²) < 4.78 is 10.7. The van der Waals surface area contributed by atoms with Crippen molar-refractivity contribution in [2.75, 3.05) is 13.7 Å². The lowest BCUT2D eigenvalue weighted by Gasteiger charge is -2.25. The average Bonchev–Trinajstić information content (AvgIpc) is 2.40. The van der Waals surface area contributed by atoms with E-state index in [0.29, 0.717) is 12.2 Å². The zero-order valence-corrected chi connectivity index (χ0v) is 11.7. The molecule has 1 fully saturated rings. The Bertz CT molecular complexity index is 407. The van der Waals surface area contributed by atoms with E-state index in [4.69, 9.17) is 9.47 Å². The molecule has 2 rings (SSSR count). The van der Waals surface area contributed by atoms with Crippen molar-refractivity contribution in [1.82, 2.24) is 0 Å². The molecule has 1 aliphatic rings. The Morgan fingerprint density at radius 1 is 1.32 bits per heavy atom. The van der Waals surface area contributed by atoms with Gasteiger partial charge < -0.3 is 9.47 Å². The fraction of sp³-hybridized carbons (Fsp3) is 0.562. The number of hydrogen-bond acceptors (Lipinski definition) is 3. The minimum Gasteiger partial charge on any atom is -0.497 e. The second kappa shape index (κ2) is 6.71. The van der Waals surface area contributed by atoms with Crippen LogP contribution in [0, 0.1) is 5.92 Å². The molecule has 3 heteroatoms. The van der Waals surface area contributed by atoms with Gasteiger partial charge in [0.25, 0.3) is 0 Å². The van der Waals surface area contributed by atoms with Gasteiger partial charge in [0.15, 0.2) is 5.78 Å². The Kier molecular flexibility index (Phi) is 4.97. The maximum atomic E-state index is 12.1. The molecule has 1 aromatic rings. The van der Waals surface area contributed by atoms with E-state index in [1.807, 2.05) is 6.92 Å². The molecule has 1 atom stereocenters. The summed E-state index contributed by atoms with van der Waals surface area (Å²) in [4.78, 5) is 12.1. The molecular weight excluding hydrogens is 240 g/mol. The van der Waals surface area contributed by atoms with Crippen LogP contribution in [0.15, 0.2) is 24.3 Å². The van der Waals surface area contributed by atoms with Gasteiger partial charge >= 0.3 is 0 Å². The van der Waals surface area contributed by atoms with E-state index in [0.717, 1.165) is 18.1 Å². The summed E-state index contributed by atoms with van der Waals surface area (Å²) in [6.45, 7) is 2.51. The van der Waals surface area contributed by atoms with Gasteiger partial charge in [-0.3, -0.25) is 4.79 Å². The molecule has 1 aromatic carbocycles. The van der Waals surface area contributed by atoms with Gasteiger partial charge in [-0.05, 0) is 43.5 Å². The zero-order valence-electron chi connectivity index (χ0n) is 11.7. The maximum absolute atomic E-state index is 12.1. The lowest BCUT2D eigenvalue weighted by molar-refractivity contribution is 0.0395. The van der Waals surface area contributed by atoms with Gasteiger partial charge in [0.1, 0.15) is 11.9 Å². The van der Waals surface area contributed by atoms with Crippen LogP contribution < -0.4 is 4.74 Å². The van der Waals surface area contributed by atoms with Gasteiger partial charge in [-0.15, -0.1) is 0 Å². The molecule has 3 nitrogen and oxygen atoms in total. The van der Waals surface area contributed by atoms with Crippen LogP contribution in [-0.2, 0) is 4.74 Å². The minimum atomic E-state index is -0.367. The highest BCUT2D eigenvalue weighted by atomic mass is 16.5. The third-order valence-electron chi connectivity index (χ3n) is 3.86. The van der Waals surface area contributed by atoms with Crippen LogP contribution in [0.3, 0.4) is 0 Å². The lowest BCUT2D eigenvalue weighted by Crippen LogP contribution is -2.23. The van der Waals surface area contributed by atoms with E-state index in [1.54, 1.807) is 31.4 Å². The number of methoxy groups -OCH3 is 1. The second-order valence-corrected chi connectivity index (χ2v) is 5.19. The lowest BCUT2D eigenvalue weighted by atomic mass is 9.83. The van der Waals surface area contributed by atoms with Crippen LogP contribution in [0.2, 0.25) is 0 Å². The molecule has 0 saturated heterocycles. The Morgan fingerprint density at radius 2 is 2.00 bits per heavy atom. The molecule has 0 bridgehead atoms. The fourth-order valence-corrected chi connectivity index (χ4v) is 2.26. The highest BCUT2D eigenvalue weighted by Crippen LogP contribution is 2.29. The summed E-state index contributed by atoms with van der Waals surface area (Å²) in [5.41, 5.74) is 0.678. The molecule has 0 heterocycles. The Labute approximate surface area is 114 Å². The van der Waals surface area contributed by atoms with Crippen LogP contribution in [0.25, 0.3) is 0 Å². The van der Waals surface area contributed by atoms with Crippen molar-refractivity contribution in [1.29, 1.82) is 0 Å². The Balaban J connectivity index is 1.79. The highest BCUT2D eigenvalue weighted by molar-refractivity contribution is 5.99. The van der Waals surface area contributed by atoms with Crippen LogP contribution in [0.1, 0.15) is 43.0 Å². The summed E-state index contributed by atoms with van der Waals surface area (Å²) in [6, 6.07) is 7.17. The van der Waals surface area contributed by atoms with Crippen LogP contribution in [0.4, 0.5) is 0 Å². The number of rotatable bonds is 7. The van der Waals surface area contributed by atoms with E-state index < -0.39 is 0 Å². The van der Waals surface area contributed by atoms with Crippen LogP contribution >= 0.6 is 0 Å². The smallest absolute Gasteiger partial charge is 0.191 e. The average molecular weight is 262 g/mol. The molecular formula is C16H22O3. The SMILES string of the molecule is COc1ccc(C(=O)C(C)OCCC2CCC2)cc1. The number of ketones is 1. The Morgan fingerprint density at radius 3 is 2.53 bits per heavy atom. The van der Waals surface area contributed by atoms with E-state index in [1.165, 1.54) is 19.3 Å². The van der Waals surface area contributed by atoms with Crippen molar-refractivity contribution in [2.24, 2.45) is 5.92 Å². The quantitative estimate of drug-likeness (QED) is 0.706. The molecule has 1 unspecified atom stereocenters. The molecule has 0 aromatic heterocycles. The zero-order chi connectivity index (χ0) is 13.7. The summed E-state index contributed by atoms with van der Waals surface area (Å²) in [6.07, 6.45) is 4.72. The number of carbonyl (C=O) groups is 1. The molecule has 1 aliphatic carbocycles. The predicted molar refractivity (Wildman–Crippen MR) is 74.7 cm³/mol. The number of carbonyl (C=O) groups excluding carboxylic acids is 1. The Hall–Kier alpha value is -1.35. The first kappa shape index (κ1) is 14.1. The normalized spacial score (nSPS) is 16.7. The predicted octanol–water partition coefficient (Wildman–Crippen LogP) is 3.47. The summed E-state index contributed by atoms with van der Waals surface area (Å²) in [5, 5.41) is 0. The second-order valence-electron chi connectivity index (χ2n) is 5.19. The van der Waals surface area contributed by atoms with Gasteiger partial charge in [0.2, 0.25) is 0 Å². The monoisotopic (exact) mass is 262 g/mol. The number of ether oxygens (including phenoxy) is 2. The van der Waals surface area contributed by atoms with E-state index in [9.17, 15) is 4.79 Å². The third-order valence-corrected chi connectivity index (χ3v) is 3.86. The molecule has 0 aliphatic heterocycles. The third kappa shape index (κ3) is 3.80. The summed E-state index contributed by atoms with van der Waals surface area (Å²) >= 11 is 0. The largest absolute Gasteiger partial charge is 0.497 e. The van der Waals surface area contributed by atoms with Gasteiger partial charge in [-0.1, -0.05) is 19.3 Å². The molecule has 19 heavy (non-hydrogen) atoms. The van der Waals surface area contributed by atoms with Crippen molar-refractivity contribution < 1.29 is 14.3 Å². The molecule has 0 amide bonds. The standard InChI is InChI=1S/C16H22O3/c1-12(19-11-10-13-4-3-5-13)16(17)14-6-8-15(18-2)9-7-14/h6-9,12-13H,3-5,10-11H2,1-2H3. The first-order valence-corrected chi connectivity index (χ1v) is 7.00. The molecule has 104 valence electrons. The van der Waals surface area contributed by atoms with E-state index >= 15 is 0 Å². The topological polar surface area (TPSA) is 35.5 Å². The molecule has 1 saturated carbocycles. The first-order chi connectivity index (χ1) is 9.20. The van der Waals surface area contributed by atoms with Crippen molar-refractivity contribution in [3.63, 3.8) is 0 Å². The van der Waals surface area contributed by atoms with Gasteiger partial charge in [0, 0.05) is 12.2 Å². The summed E-state index contributed by atoms with van der Waals surface area (Å²) in [5.74, 6) is 1.62. The van der Waals surface area contributed by atoms with Crippen molar-refractivity contribution in [3.05, 3.63) is 29.8 Å². The number of hydrogen-bond donors (Lipinski definition) is 0. The van der Waals surface area contributed by atoms with E-state index in [-0.39, 0.29) is 11.9 Å². The van der Waals surface area contributed by atoms with E-state index in [2.05, 4.69) is 0 Å². The van der Waals surface area contributed by atoms with Crippen molar-refractivity contribution in [2.45, 2.75) is 38.7 Å². The number of Topliss-reactive ketones (excluding diaryl/α,β-unsaturated/α-hetero) is 1. The maximum Gasteiger partial charge on any atom is 0.191 e. The number of benzene rings is 1. The van der Waals surface area contributed by atoms with Crippen LogP contribution in [0.5, 0.6) is 5.75 Å². The minimum absolute atomic E-state index is 0.0382. The molecule has 0 radical (unpaired) electrons. The first-order valence-electron chi connectivity index (χ1n) is 7.00. The summed E-state index contributed by atoms with van der Waals surface area (Å²) in [7, 11) is 1.61. The van der Waals surface area contributed by atoms with Crippen molar-refractivity contribution >= 4 is 5.78 Å². The molecule has 0 spiro atoms. The van der Waals surface area contributed by atoms with Crippen LogP contribution in [-0.4, -0.2) is 25.6 Å². The van der Waals surface area contributed by atoms with Gasteiger partial charge in [-0.2, -0.15) is 0 Å². The van der Waals surface area contributed by atoms with Crippen molar-refractivity contribution in [3.8, 4) is 5.75 Å². The highest BCUT2D eigenvalue weighted by Gasteiger charge is 2.19. The molecule has 0 N–H and O–H groups in total. The van der Waals surface area contributed by atoms with Gasteiger partial charge in [0.05, 0.1) is 7.11 Å². The van der Waals surface area contributed by atoms with Gasteiger partial charge in [-0.25, -0.2) is 0 Å².